The molecule has 1 amide bonds. The molecule has 2 aromatic heterocycles. The fraction of sp³-hybridized carbons (Fsp3) is 0.214. The van der Waals surface area contributed by atoms with Crippen LogP contribution in [-0.4, -0.2) is 32.1 Å². The number of nitrogens with one attached hydrogen (secondary N) is 2. The number of carbonyl (C=O) groups excluding carboxylic acids is 1. The maximum Gasteiger partial charge on any atom is 0.272 e. The normalized spacial score (nSPS) is 13.9. The largest absolute Gasteiger partial charge is 0.361 e. The molecule has 34 heavy (non-hydrogen) atoms. The van der Waals surface area contributed by atoms with Crippen molar-refractivity contribution in [1.82, 2.24) is 25.0 Å². The highest BCUT2D eigenvalue weighted by Crippen LogP contribution is 2.26. The van der Waals surface area contributed by atoms with Crippen LogP contribution in [0.5, 0.6) is 0 Å². The minimum absolute atomic E-state index is 0.112. The van der Waals surface area contributed by atoms with Gasteiger partial charge in [-0.15, -0.1) is 0 Å². The van der Waals surface area contributed by atoms with E-state index in [0.717, 1.165) is 48.4 Å². The van der Waals surface area contributed by atoms with Gasteiger partial charge in [-0.3, -0.25) is 14.4 Å². The summed E-state index contributed by atoms with van der Waals surface area (Å²) < 4.78 is 1.88. The fourth-order valence-electron chi connectivity index (χ4n) is 5.08. The Morgan fingerprint density at radius 3 is 2.79 bits per heavy atom. The summed E-state index contributed by atoms with van der Waals surface area (Å²) in [5, 5.41) is 11.3. The van der Waals surface area contributed by atoms with Crippen molar-refractivity contribution in [3.8, 4) is 0 Å². The Labute approximate surface area is 198 Å². The number of aromatic nitrogens is 3. The molecule has 0 saturated heterocycles. The molecule has 0 fully saturated rings. The van der Waals surface area contributed by atoms with Crippen molar-refractivity contribution in [2.45, 2.75) is 26.1 Å². The quantitative estimate of drug-likeness (QED) is 0.414. The van der Waals surface area contributed by atoms with Gasteiger partial charge in [-0.1, -0.05) is 54.6 Å². The molecule has 0 spiro atoms. The topological polar surface area (TPSA) is 66.0 Å². The Morgan fingerprint density at radius 2 is 1.88 bits per heavy atom. The Morgan fingerprint density at radius 1 is 1.06 bits per heavy atom. The van der Waals surface area contributed by atoms with Crippen LogP contribution in [0.3, 0.4) is 0 Å². The first-order chi connectivity index (χ1) is 16.7. The molecule has 3 heterocycles. The first-order valence-corrected chi connectivity index (χ1v) is 11.7. The Balaban J connectivity index is 1.19. The summed E-state index contributed by atoms with van der Waals surface area (Å²) in [6.07, 6.45) is 2.99. The summed E-state index contributed by atoms with van der Waals surface area (Å²) in [6.45, 7) is 3.00. The van der Waals surface area contributed by atoms with Crippen molar-refractivity contribution < 1.29 is 4.79 Å². The predicted octanol–water partition coefficient (Wildman–Crippen LogP) is 4.54. The van der Waals surface area contributed by atoms with Gasteiger partial charge >= 0.3 is 0 Å². The van der Waals surface area contributed by atoms with Crippen molar-refractivity contribution >= 4 is 27.6 Å². The number of H-pyrrole nitrogens is 1. The summed E-state index contributed by atoms with van der Waals surface area (Å²) in [6, 6.07) is 23.0. The molecule has 0 atom stereocenters. The van der Waals surface area contributed by atoms with Crippen molar-refractivity contribution in [1.29, 1.82) is 0 Å². The van der Waals surface area contributed by atoms with Crippen LogP contribution in [0.1, 0.15) is 32.9 Å². The number of hydrogen-bond donors (Lipinski definition) is 2. The molecule has 6 rings (SSSR count). The minimum atomic E-state index is -0.112. The molecule has 170 valence electrons. The molecule has 3 aromatic carbocycles. The summed E-state index contributed by atoms with van der Waals surface area (Å²) in [4.78, 5) is 18.9. The number of amides is 1. The van der Waals surface area contributed by atoms with Gasteiger partial charge in [-0.05, 0) is 34.0 Å². The second kappa shape index (κ2) is 8.47. The van der Waals surface area contributed by atoms with Gasteiger partial charge in [0.1, 0.15) is 0 Å². The first kappa shape index (κ1) is 20.7. The van der Waals surface area contributed by atoms with Crippen molar-refractivity contribution in [3.63, 3.8) is 0 Å². The lowest BCUT2D eigenvalue weighted by Crippen LogP contribution is -2.32. The lowest BCUT2D eigenvalue weighted by Gasteiger charge is -2.27. The maximum absolute atomic E-state index is 13.2. The van der Waals surface area contributed by atoms with Crippen LogP contribution in [0, 0.1) is 0 Å². The Hall–Kier alpha value is -3.90. The highest BCUT2D eigenvalue weighted by Gasteiger charge is 2.27. The van der Waals surface area contributed by atoms with Gasteiger partial charge in [0.2, 0.25) is 0 Å². The molecule has 6 nitrogen and oxygen atoms in total. The number of aryl methyl sites for hydroxylation is 1. The summed E-state index contributed by atoms with van der Waals surface area (Å²) >= 11 is 0. The van der Waals surface area contributed by atoms with E-state index in [2.05, 4.69) is 75.0 Å². The SMILES string of the molecule is Cn1nc(C(=O)NCc2ccc3ccccc3c2)c2c1CCN(Cc1c[nH]c3ccccc13)C2. The molecule has 1 aliphatic rings. The zero-order valence-corrected chi connectivity index (χ0v) is 19.2. The number of carbonyl (C=O) groups is 1. The number of nitrogens with zero attached hydrogens (tertiary/aromatic N) is 3. The van der Waals surface area contributed by atoms with E-state index < -0.39 is 0 Å². The summed E-state index contributed by atoms with van der Waals surface area (Å²) in [5.74, 6) is -0.112. The van der Waals surface area contributed by atoms with E-state index in [4.69, 9.17) is 0 Å². The Bertz CT molecular complexity index is 1510. The fourth-order valence-corrected chi connectivity index (χ4v) is 5.08. The number of benzene rings is 3. The van der Waals surface area contributed by atoms with Gasteiger partial charge < -0.3 is 10.3 Å². The minimum Gasteiger partial charge on any atom is -0.361 e. The van der Waals surface area contributed by atoms with Crippen LogP contribution >= 0.6 is 0 Å². The highest BCUT2D eigenvalue weighted by atomic mass is 16.1. The molecule has 2 N–H and O–H groups in total. The first-order valence-electron chi connectivity index (χ1n) is 11.7. The number of aromatic amines is 1. The van der Waals surface area contributed by atoms with E-state index in [9.17, 15) is 4.79 Å². The third-order valence-electron chi connectivity index (χ3n) is 6.87. The second-order valence-electron chi connectivity index (χ2n) is 9.08. The van der Waals surface area contributed by atoms with Gasteiger partial charge in [0.05, 0.1) is 0 Å². The second-order valence-corrected chi connectivity index (χ2v) is 9.08. The smallest absolute Gasteiger partial charge is 0.272 e. The van der Waals surface area contributed by atoms with Crippen molar-refractivity contribution in [2.75, 3.05) is 6.54 Å². The van der Waals surface area contributed by atoms with E-state index >= 15 is 0 Å². The number of hydrogen-bond acceptors (Lipinski definition) is 3. The van der Waals surface area contributed by atoms with Gasteiger partial charge in [0.25, 0.3) is 5.91 Å². The van der Waals surface area contributed by atoms with E-state index in [1.54, 1.807) is 0 Å². The molecule has 0 bridgehead atoms. The average Bonchev–Trinajstić information content (AvgIpc) is 3.43. The van der Waals surface area contributed by atoms with Gasteiger partial charge in [0, 0.05) is 68.0 Å². The lowest BCUT2D eigenvalue weighted by atomic mass is 10.0. The summed E-state index contributed by atoms with van der Waals surface area (Å²) in [7, 11) is 1.94. The highest BCUT2D eigenvalue weighted by molar-refractivity contribution is 5.94. The van der Waals surface area contributed by atoms with Crippen LogP contribution in [0.15, 0.2) is 72.9 Å². The van der Waals surface area contributed by atoms with E-state index in [0.29, 0.717) is 12.2 Å². The summed E-state index contributed by atoms with van der Waals surface area (Å²) in [5.41, 5.74) is 6.27. The third-order valence-corrected chi connectivity index (χ3v) is 6.87. The zero-order chi connectivity index (χ0) is 23.1. The zero-order valence-electron chi connectivity index (χ0n) is 19.2. The molecule has 0 radical (unpaired) electrons. The average molecular weight is 450 g/mol. The molecule has 5 aromatic rings. The third kappa shape index (κ3) is 3.76. The molecule has 0 saturated carbocycles. The molecule has 1 aliphatic heterocycles. The van der Waals surface area contributed by atoms with Gasteiger partial charge in [0.15, 0.2) is 5.69 Å². The standard InChI is InChI=1S/C28H27N5O/c1-32-26-12-13-33(17-22-16-29-25-9-5-4-8-23(22)25)18-24(26)27(31-32)28(34)30-15-19-10-11-20-6-2-3-7-21(20)14-19/h2-11,14,16,29H,12-13,15,17-18H2,1H3,(H,30,34). The van der Waals surface area contributed by atoms with Gasteiger partial charge in [-0.25, -0.2) is 0 Å². The predicted molar refractivity (Wildman–Crippen MR) is 134 cm³/mol. The Kier molecular flexibility index (Phi) is 5.15. The monoisotopic (exact) mass is 449 g/mol. The molecule has 6 heteroatoms. The maximum atomic E-state index is 13.2. The molecular formula is C28H27N5O. The van der Waals surface area contributed by atoms with E-state index in [1.807, 2.05) is 29.9 Å². The van der Waals surface area contributed by atoms with Crippen molar-refractivity contribution in [3.05, 3.63) is 101 Å². The molecule has 0 unspecified atom stereocenters. The molecular weight excluding hydrogens is 422 g/mol. The van der Waals surface area contributed by atoms with E-state index in [1.165, 1.54) is 21.7 Å². The van der Waals surface area contributed by atoms with Crippen LogP contribution in [-0.2, 0) is 33.1 Å². The van der Waals surface area contributed by atoms with Gasteiger partial charge in [-0.2, -0.15) is 5.10 Å². The van der Waals surface area contributed by atoms with Crippen LogP contribution in [0.2, 0.25) is 0 Å². The van der Waals surface area contributed by atoms with Crippen LogP contribution < -0.4 is 5.32 Å². The van der Waals surface area contributed by atoms with Crippen LogP contribution in [0.25, 0.3) is 21.7 Å². The number of fused-ring (bicyclic) bond motifs is 3. The van der Waals surface area contributed by atoms with Crippen LogP contribution in [0.4, 0.5) is 0 Å². The number of rotatable bonds is 5. The molecule has 0 aliphatic carbocycles. The van der Waals surface area contributed by atoms with Crippen molar-refractivity contribution in [2.24, 2.45) is 7.05 Å². The lowest BCUT2D eigenvalue weighted by molar-refractivity contribution is 0.0943. The number of para-hydroxylation sites is 1. The van der Waals surface area contributed by atoms with E-state index in [-0.39, 0.29) is 5.91 Å².